The monoisotopic (exact) mass is 592 g/mol. The molecular formula is C30H44N2O10. The van der Waals surface area contributed by atoms with Gasteiger partial charge in [0, 0.05) is 18.7 Å². The number of phenols is 2. The molecule has 42 heavy (non-hydrogen) atoms. The van der Waals surface area contributed by atoms with Gasteiger partial charge >= 0.3 is 0 Å². The fraction of sp³-hybridized carbons (Fsp3) is 0.533. The average molecular weight is 593 g/mol. The lowest BCUT2D eigenvalue weighted by molar-refractivity contribution is -0.0102. The average Bonchev–Trinajstić information content (AvgIpc) is 3.01. The van der Waals surface area contributed by atoms with Crippen LogP contribution in [0.2, 0.25) is 0 Å². The fourth-order valence-corrected chi connectivity index (χ4v) is 3.80. The smallest absolute Gasteiger partial charge is 0.251 e. The van der Waals surface area contributed by atoms with Crippen LogP contribution in [0.3, 0.4) is 0 Å². The first-order chi connectivity index (χ1) is 20.5. The number of benzene rings is 2. The number of rotatable bonds is 19. The number of ether oxygens (including phenoxy) is 6. The Kier molecular flexibility index (Phi) is 17.1. The van der Waals surface area contributed by atoms with Crippen LogP contribution in [0.4, 0.5) is 0 Å². The largest absolute Gasteiger partial charge is 0.504 e. The molecule has 1 amide bonds. The molecule has 234 valence electrons. The summed E-state index contributed by atoms with van der Waals surface area (Å²) >= 11 is 0. The van der Waals surface area contributed by atoms with Crippen molar-refractivity contribution in [1.29, 1.82) is 0 Å². The van der Waals surface area contributed by atoms with Gasteiger partial charge in [-0.2, -0.15) is 0 Å². The number of carbonyl (C=O) groups is 2. The van der Waals surface area contributed by atoms with E-state index in [-0.39, 0.29) is 35.2 Å². The molecule has 0 fully saturated rings. The third kappa shape index (κ3) is 11.9. The van der Waals surface area contributed by atoms with Crippen LogP contribution < -0.4 is 15.8 Å². The van der Waals surface area contributed by atoms with Crippen LogP contribution in [0.1, 0.15) is 52.7 Å². The van der Waals surface area contributed by atoms with Crippen molar-refractivity contribution in [3.63, 3.8) is 0 Å². The number of hydrogen-bond donors (Lipinski definition) is 4. The van der Waals surface area contributed by atoms with Crippen molar-refractivity contribution in [2.24, 2.45) is 5.73 Å². The third-order valence-corrected chi connectivity index (χ3v) is 5.87. The predicted octanol–water partition coefficient (Wildman–Crippen LogP) is 2.60. The number of nitrogens with one attached hydrogen (secondary N) is 1. The summed E-state index contributed by atoms with van der Waals surface area (Å²) in [6.45, 7) is 9.45. The molecule has 1 aliphatic rings. The molecule has 1 unspecified atom stereocenters. The van der Waals surface area contributed by atoms with E-state index in [2.05, 4.69) is 5.32 Å². The van der Waals surface area contributed by atoms with E-state index in [4.69, 9.17) is 34.2 Å². The van der Waals surface area contributed by atoms with Gasteiger partial charge in [0.05, 0.1) is 78.1 Å². The summed E-state index contributed by atoms with van der Waals surface area (Å²) in [6.07, 6.45) is -0.559. The second-order valence-electron chi connectivity index (χ2n) is 8.77. The molecule has 0 bridgehead atoms. The third-order valence-electron chi connectivity index (χ3n) is 5.87. The highest BCUT2D eigenvalue weighted by Gasteiger charge is 2.31. The van der Waals surface area contributed by atoms with Gasteiger partial charge < -0.3 is 49.7 Å². The van der Waals surface area contributed by atoms with Crippen LogP contribution in [-0.2, 0) is 23.7 Å². The SMILES string of the molecule is CC.NCCOCCOCCOCCOCCOCCNC(=O)c1ccc(C2CC(=O)c3ccc(O)c(O)c3O2)cc1. The first-order valence-corrected chi connectivity index (χ1v) is 14.2. The Morgan fingerprint density at radius 1 is 0.833 bits per heavy atom. The molecule has 5 N–H and O–H groups in total. The molecule has 3 rings (SSSR count). The van der Waals surface area contributed by atoms with Gasteiger partial charge in [-0.3, -0.25) is 9.59 Å². The summed E-state index contributed by atoms with van der Waals surface area (Å²) in [5.74, 6) is -1.33. The van der Waals surface area contributed by atoms with Gasteiger partial charge in [-0.25, -0.2) is 0 Å². The van der Waals surface area contributed by atoms with Crippen molar-refractivity contribution in [2.45, 2.75) is 26.4 Å². The second-order valence-corrected chi connectivity index (χ2v) is 8.77. The van der Waals surface area contributed by atoms with Gasteiger partial charge in [0.2, 0.25) is 5.75 Å². The number of amides is 1. The van der Waals surface area contributed by atoms with Crippen molar-refractivity contribution in [3.05, 3.63) is 53.1 Å². The number of carbonyl (C=O) groups excluding carboxylic acids is 2. The number of hydrogen-bond acceptors (Lipinski definition) is 11. The maximum absolute atomic E-state index is 12.5. The predicted molar refractivity (Wildman–Crippen MR) is 155 cm³/mol. The Balaban J connectivity index is 0.00000301. The normalized spacial score (nSPS) is 14.0. The van der Waals surface area contributed by atoms with Gasteiger partial charge in [-0.05, 0) is 29.8 Å². The van der Waals surface area contributed by atoms with Gasteiger partial charge in [0.25, 0.3) is 5.91 Å². The second kappa shape index (κ2) is 20.6. The van der Waals surface area contributed by atoms with E-state index in [1.54, 1.807) is 24.3 Å². The number of phenolic OH excluding ortho intramolecular Hbond substituents is 2. The van der Waals surface area contributed by atoms with Crippen molar-refractivity contribution in [2.75, 3.05) is 79.2 Å². The minimum atomic E-state index is -0.641. The zero-order chi connectivity index (χ0) is 30.6. The molecule has 0 spiro atoms. The minimum absolute atomic E-state index is 0.0380. The maximum atomic E-state index is 12.5. The molecular weight excluding hydrogens is 548 g/mol. The minimum Gasteiger partial charge on any atom is -0.504 e. The van der Waals surface area contributed by atoms with E-state index in [0.717, 1.165) is 0 Å². The van der Waals surface area contributed by atoms with E-state index in [1.165, 1.54) is 12.1 Å². The van der Waals surface area contributed by atoms with E-state index in [0.29, 0.717) is 90.3 Å². The zero-order valence-corrected chi connectivity index (χ0v) is 24.5. The van der Waals surface area contributed by atoms with E-state index >= 15 is 0 Å². The highest BCUT2D eigenvalue weighted by Crippen LogP contribution is 2.44. The van der Waals surface area contributed by atoms with Gasteiger partial charge in [0.15, 0.2) is 17.3 Å². The summed E-state index contributed by atoms with van der Waals surface area (Å²) in [5.41, 5.74) is 6.66. The molecule has 2 aromatic carbocycles. The number of aromatic hydroxyl groups is 2. The Labute approximate surface area is 247 Å². The quantitative estimate of drug-likeness (QED) is 0.140. The maximum Gasteiger partial charge on any atom is 0.251 e. The van der Waals surface area contributed by atoms with Gasteiger partial charge in [-0.1, -0.05) is 26.0 Å². The molecule has 1 atom stereocenters. The number of fused-ring (bicyclic) bond motifs is 1. The molecule has 12 nitrogen and oxygen atoms in total. The molecule has 0 radical (unpaired) electrons. The highest BCUT2D eigenvalue weighted by molar-refractivity contribution is 6.01. The van der Waals surface area contributed by atoms with E-state index < -0.39 is 11.9 Å². The van der Waals surface area contributed by atoms with Crippen molar-refractivity contribution in [3.8, 4) is 17.2 Å². The molecule has 1 aliphatic heterocycles. The summed E-state index contributed by atoms with van der Waals surface area (Å²) in [7, 11) is 0. The lowest BCUT2D eigenvalue weighted by Crippen LogP contribution is -2.27. The molecule has 2 aromatic rings. The highest BCUT2D eigenvalue weighted by atomic mass is 16.6. The van der Waals surface area contributed by atoms with E-state index in [1.807, 2.05) is 13.8 Å². The van der Waals surface area contributed by atoms with Crippen LogP contribution in [0, 0.1) is 0 Å². The summed E-state index contributed by atoms with van der Waals surface area (Å²) < 4.78 is 32.6. The number of Topliss-reactive ketones (excluding diaryl/α,β-unsaturated/α-hetero) is 1. The fourth-order valence-electron chi connectivity index (χ4n) is 3.80. The number of nitrogens with two attached hydrogens (primary N) is 1. The van der Waals surface area contributed by atoms with Crippen LogP contribution in [0.15, 0.2) is 36.4 Å². The van der Waals surface area contributed by atoms with Crippen LogP contribution >= 0.6 is 0 Å². The Morgan fingerprint density at radius 2 is 1.36 bits per heavy atom. The van der Waals surface area contributed by atoms with Crippen molar-refractivity contribution < 1.29 is 48.2 Å². The molecule has 0 aliphatic carbocycles. The standard InChI is InChI=1S/C28H38N2O10.C2H6/c29-7-9-35-11-13-37-15-17-39-18-16-38-14-12-36-10-8-30-28(34)21-3-1-20(2-4-21)25-19-24(32)22-5-6-23(31)26(33)27(22)40-25;1-2/h1-6,25,31,33H,7-19,29H2,(H,30,34);1-2H3. The van der Waals surface area contributed by atoms with E-state index in [9.17, 15) is 19.8 Å². The first kappa shape index (κ1) is 34.9. The molecule has 0 saturated carbocycles. The molecule has 12 heteroatoms. The van der Waals surface area contributed by atoms with Gasteiger partial charge in [0.1, 0.15) is 6.10 Å². The van der Waals surface area contributed by atoms with Crippen molar-refractivity contribution >= 4 is 11.7 Å². The van der Waals surface area contributed by atoms with Crippen LogP contribution in [-0.4, -0.2) is 101 Å². The Hall–Kier alpha value is -3.26. The lowest BCUT2D eigenvalue weighted by Gasteiger charge is -2.26. The molecule has 0 aromatic heterocycles. The topological polar surface area (TPSA) is 168 Å². The molecule has 0 saturated heterocycles. The summed E-state index contributed by atoms with van der Waals surface area (Å²) in [6, 6.07) is 9.34. The Morgan fingerprint density at radius 3 is 1.90 bits per heavy atom. The van der Waals surface area contributed by atoms with Crippen molar-refractivity contribution in [1.82, 2.24) is 5.32 Å². The summed E-state index contributed by atoms with van der Waals surface area (Å²) in [4.78, 5) is 24.9. The van der Waals surface area contributed by atoms with Gasteiger partial charge in [-0.15, -0.1) is 0 Å². The lowest BCUT2D eigenvalue weighted by atomic mass is 9.95. The summed E-state index contributed by atoms with van der Waals surface area (Å²) in [5, 5.41) is 22.6. The first-order valence-electron chi connectivity index (χ1n) is 14.2. The zero-order valence-electron chi connectivity index (χ0n) is 24.5. The number of ketones is 1. The van der Waals surface area contributed by atoms with Crippen LogP contribution in [0.25, 0.3) is 0 Å². The Bertz CT molecular complexity index is 1060. The van der Waals surface area contributed by atoms with Crippen LogP contribution in [0.5, 0.6) is 17.2 Å². The molecule has 1 heterocycles.